The second-order valence-electron chi connectivity index (χ2n) is 4.32. The van der Waals surface area contributed by atoms with Gasteiger partial charge in [-0.25, -0.2) is 0 Å². The maximum atomic E-state index is 11.5. The molecule has 0 N–H and O–H groups in total. The molecule has 0 aromatic heterocycles. The van der Waals surface area contributed by atoms with E-state index in [0.29, 0.717) is 0 Å². The zero-order valence-electron chi connectivity index (χ0n) is 7.86. The number of ketones is 1. The van der Waals surface area contributed by atoms with Crippen LogP contribution >= 0.6 is 0 Å². The Kier molecular flexibility index (Phi) is 2.45. The van der Waals surface area contributed by atoms with Crippen molar-refractivity contribution >= 4 is 5.78 Å². The van der Waals surface area contributed by atoms with E-state index in [1.807, 2.05) is 26.8 Å². The first-order valence-corrected chi connectivity index (χ1v) is 3.68. The minimum absolute atomic E-state index is 0.00694. The molecule has 0 aromatic rings. The van der Waals surface area contributed by atoms with Gasteiger partial charge in [0, 0.05) is 5.41 Å². The number of hydrogen-bond acceptors (Lipinski definition) is 2. The van der Waals surface area contributed by atoms with Gasteiger partial charge in [0.1, 0.15) is 5.41 Å². The van der Waals surface area contributed by atoms with Gasteiger partial charge < -0.3 is 0 Å². The van der Waals surface area contributed by atoms with Crippen molar-refractivity contribution in [3.63, 3.8) is 0 Å². The normalized spacial score (nSPS) is 12.4. The molecule has 0 rings (SSSR count). The Labute approximate surface area is 68.2 Å². The smallest absolute Gasteiger partial charge is 0.157 e. The lowest BCUT2D eigenvalue weighted by Crippen LogP contribution is -2.33. The number of carbonyl (C=O) groups is 1. The highest BCUT2D eigenvalue weighted by Gasteiger charge is 2.35. The second kappa shape index (κ2) is 2.65. The minimum Gasteiger partial charge on any atom is -0.297 e. The molecule has 0 aromatic carbocycles. The van der Waals surface area contributed by atoms with Gasteiger partial charge in [0.2, 0.25) is 0 Å². The van der Waals surface area contributed by atoms with Gasteiger partial charge in [-0.15, -0.1) is 0 Å². The van der Waals surface area contributed by atoms with Crippen LogP contribution in [0.25, 0.3) is 0 Å². The van der Waals surface area contributed by atoms with Gasteiger partial charge in [0.05, 0.1) is 6.07 Å². The average Bonchev–Trinajstić information content (AvgIpc) is 1.84. The van der Waals surface area contributed by atoms with Crippen LogP contribution in [-0.2, 0) is 4.79 Å². The molecule has 0 saturated heterocycles. The van der Waals surface area contributed by atoms with Crippen LogP contribution in [0.15, 0.2) is 0 Å². The topological polar surface area (TPSA) is 40.9 Å². The molecule has 0 fully saturated rings. The number of nitriles is 1. The molecule has 2 nitrogen and oxygen atoms in total. The summed E-state index contributed by atoms with van der Waals surface area (Å²) in [5.41, 5.74) is -1.27. The molecule has 62 valence electrons. The average molecular weight is 153 g/mol. The summed E-state index contributed by atoms with van der Waals surface area (Å²) in [6.07, 6.45) is 0. The second-order valence-corrected chi connectivity index (χ2v) is 4.32. The largest absolute Gasteiger partial charge is 0.297 e. The van der Waals surface area contributed by atoms with Crippen LogP contribution in [-0.4, -0.2) is 5.78 Å². The molecule has 0 spiro atoms. The van der Waals surface area contributed by atoms with E-state index in [2.05, 4.69) is 0 Å². The summed E-state index contributed by atoms with van der Waals surface area (Å²) in [4.78, 5) is 11.5. The van der Waals surface area contributed by atoms with Crippen molar-refractivity contribution in [2.45, 2.75) is 34.6 Å². The van der Waals surface area contributed by atoms with Crippen molar-refractivity contribution in [1.29, 1.82) is 5.26 Å². The van der Waals surface area contributed by atoms with Gasteiger partial charge in [0.15, 0.2) is 5.78 Å². The zero-order chi connectivity index (χ0) is 9.28. The predicted molar refractivity (Wildman–Crippen MR) is 43.9 cm³/mol. The first kappa shape index (κ1) is 10.2. The Hall–Kier alpha value is -0.840. The van der Waals surface area contributed by atoms with Crippen molar-refractivity contribution in [3.05, 3.63) is 0 Å². The molecule has 0 bridgehead atoms. The van der Waals surface area contributed by atoms with E-state index in [4.69, 9.17) is 5.26 Å². The third-order valence-electron chi connectivity index (χ3n) is 1.53. The van der Waals surface area contributed by atoms with Gasteiger partial charge in [-0.05, 0) is 13.8 Å². The van der Waals surface area contributed by atoms with Crippen LogP contribution in [0.1, 0.15) is 34.6 Å². The lowest BCUT2D eigenvalue weighted by atomic mass is 9.76. The molecule has 0 unspecified atom stereocenters. The summed E-state index contributed by atoms with van der Waals surface area (Å²) in [5.74, 6) is -0.00694. The zero-order valence-corrected chi connectivity index (χ0v) is 7.86. The van der Waals surface area contributed by atoms with Crippen LogP contribution in [0.2, 0.25) is 0 Å². The van der Waals surface area contributed by atoms with E-state index < -0.39 is 10.8 Å². The van der Waals surface area contributed by atoms with E-state index in [0.717, 1.165) is 0 Å². The first-order chi connectivity index (χ1) is 4.72. The number of carbonyl (C=O) groups excluding carboxylic acids is 1. The van der Waals surface area contributed by atoms with Crippen molar-refractivity contribution in [3.8, 4) is 6.07 Å². The highest BCUT2D eigenvalue weighted by molar-refractivity contribution is 5.90. The standard InChI is InChI=1S/C9H15NO/c1-8(2,3)7(11)9(4,5)6-10/h1-5H3. The Morgan fingerprint density at radius 1 is 1.18 bits per heavy atom. The molecule has 0 aliphatic carbocycles. The van der Waals surface area contributed by atoms with E-state index in [1.165, 1.54) is 0 Å². The van der Waals surface area contributed by atoms with Crippen LogP contribution in [0.5, 0.6) is 0 Å². The Balaban J connectivity index is 4.68. The molecular formula is C9H15NO. The summed E-state index contributed by atoms with van der Waals surface area (Å²) < 4.78 is 0. The molecule has 0 heterocycles. The molecule has 0 saturated carbocycles. The SMILES string of the molecule is CC(C)(C)C(=O)C(C)(C)C#N. The fourth-order valence-electron chi connectivity index (χ4n) is 0.988. The van der Waals surface area contributed by atoms with Crippen LogP contribution in [0, 0.1) is 22.2 Å². The number of nitrogens with zero attached hydrogens (tertiary/aromatic N) is 1. The highest BCUT2D eigenvalue weighted by atomic mass is 16.1. The maximum Gasteiger partial charge on any atom is 0.157 e. The number of hydrogen-bond donors (Lipinski definition) is 0. The van der Waals surface area contributed by atoms with Gasteiger partial charge >= 0.3 is 0 Å². The van der Waals surface area contributed by atoms with Crippen molar-refractivity contribution in [2.75, 3.05) is 0 Å². The van der Waals surface area contributed by atoms with Gasteiger partial charge in [-0.2, -0.15) is 5.26 Å². The van der Waals surface area contributed by atoms with Crippen molar-refractivity contribution in [2.24, 2.45) is 10.8 Å². The molecule has 0 amide bonds. The molecule has 0 aliphatic rings. The summed E-state index contributed by atoms with van der Waals surface area (Å²) >= 11 is 0. The number of rotatable bonds is 1. The molecule has 2 heteroatoms. The minimum atomic E-state index is -0.849. The highest BCUT2D eigenvalue weighted by Crippen LogP contribution is 2.27. The Morgan fingerprint density at radius 3 is 1.64 bits per heavy atom. The molecule has 0 atom stereocenters. The summed E-state index contributed by atoms with van der Waals surface area (Å²) in [6.45, 7) is 8.79. The van der Waals surface area contributed by atoms with Crippen molar-refractivity contribution < 1.29 is 4.79 Å². The van der Waals surface area contributed by atoms with Crippen LogP contribution in [0.3, 0.4) is 0 Å². The lowest BCUT2D eigenvalue weighted by molar-refractivity contribution is -0.132. The maximum absolute atomic E-state index is 11.5. The summed E-state index contributed by atoms with van der Waals surface area (Å²) in [5, 5.41) is 8.66. The third kappa shape index (κ3) is 2.34. The Morgan fingerprint density at radius 2 is 1.55 bits per heavy atom. The third-order valence-corrected chi connectivity index (χ3v) is 1.53. The Bertz CT molecular complexity index is 203. The van der Waals surface area contributed by atoms with Gasteiger partial charge in [0.25, 0.3) is 0 Å². The fraction of sp³-hybridized carbons (Fsp3) is 0.778. The molecule has 11 heavy (non-hydrogen) atoms. The monoisotopic (exact) mass is 153 g/mol. The van der Waals surface area contributed by atoms with Crippen LogP contribution in [0.4, 0.5) is 0 Å². The lowest BCUT2D eigenvalue weighted by Gasteiger charge is -2.24. The first-order valence-electron chi connectivity index (χ1n) is 3.68. The van der Waals surface area contributed by atoms with E-state index in [-0.39, 0.29) is 5.78 Å². The van der Waals surface area contributed by atoms with E-state index >= 15 is 0 Å². The quantitative estimate of drug-likeness (QED) is 0.579. The molecular weight excluding hydrogens is 138 g/mol. The molecule has 0 aliphatic heterocycles. The van der Waals surface area contributed by atoms with Gasteiger partial charge in [-0.3, -0.25) is 4.79 Å². The summed E-state index contributed by atoms with van der Waals surface area (Å²) in [7, 11) is 0. The van der Waals surface area contributed by atoms with Crippen molar-refractivity contribution in [1.82, 2.24) is 0 Å². The molecule has 0 radical (unpaired) electrons. The van der Waals surface area contributed by atoms with Crippen LogP contribution < -0.4 is 0 Å². The van der Waals surface area contributed by atoms with Gasteiger partial charge in [-0.1, -0.05) is 20.8 Å². The number of Topliss-reactive ketones (excluding diaryl/α,β-unsaturated/α-hetero) is 1. The van der Waals surface area contributed by atoms with E-state index in [9.17, 15) is 4.79 Å². The summed E-state index contributed by atoms with van der Waals surface area (Å²) in [6, 6.07) is 2.00. The fourth-order valence-corrected chi connectivity index (χ4v) is 0.988. The predicted octanol–water partition coefficient (Wildman–Crippen LogP) is 2.15. The van der Waals surface area contributed by atoms with E-state index in [1.54, 1.807) is 13.8 Å².